The maximum atomic E-state index is 12.9. The van der Waals surface area contributed by atoms with Crippen LogP contribution in [-0.4, -0.2) is 37.7 Å². The third-order valence-corrected chi connectivity index (χ3v) is 3.43. The molecule has 1 fully saturated rings. The van der Waals surface area contributed by atoms with Crippen LogP contribution in [0.5, 0.6) is 0 Å². The molecule has 1 aliphatic rings. The molecule has 2 N–H and O–H groups in total. The lowest BCUT2D eigenvalue weighted by Crippen LogP contribution is -2.32. The average molecular weight is 238 g/mol. The van der Waals surface area contributed by atoms with Crippen LogP contribution in [-0.2, 0) is 4.74 Å². The number of rotatable bonds is 4. The third-order valence-electron chi connectivity index (χ3n) is 3.43. The van der Waals surface area contributed by atoms with Crippen molar-refractivity contribution < 1.29 is 9.13 Å². The zero-order valence-corrected chi connectivity index (χ0v) is 10.1. The number of hydrogen-bond donors (Lipinski definition) is 1. The molecular formula is C13H19FN2O. The maximum Gasteiger partial charge on any atom is 0.123 e. The van der Waals surface area contributed by atoms with Gasteiger partial charge >= 0.3 is 0 Å². The topological polar surface area (TPSA) is 38.5 Å². The van der Waals surface area contributed by atoms with Gasteiger partial charge in [-0.25, -0.2) is 4.39 Å². The van der Waals surface area contributed by atoms with Gasteiger partial charge in [-0.3, -0.25) is 4.90 Å². The van der Waals surface area contributed by atoms with Gasteiger partial charge in [-0.2, -0.15) is 0 Å². The second-order valence-corrected chi connectivity index (χ2v) is 4.44. The van der Waals surface area contributed by atoms with Gasteiger partial charge in [-0.05, 0) is 24.1 Å². The maximum absolute atomic E-state index is 12.9. The highest BCUT2D eigenvalue weighted by atomic mass is 19.1. The van der Waals surface area contributed by atoms with E-state index in [1.54, 1.807) is 7.11 Å². The number of nitrogens with two attached hydrogens (primary N) is 1. The minimum Gasteiger partial charge on any atom is -0.380 e. The zero-order valence-electron chi connectivity index (χ0n) is 10.1. The molecule has 1 aromatic rings. The highest BCUT2D eigenvalue weighted by Gasteiger charge is 2.28. The molecule has 0 aliphatic carbocycles. The zero-order chi connectivity index (χ0) is 12.3. The molecule has 0 aromatic heterocycles. The van der Waals surface area contributed by atoms with E-state index in [0.717, 1.165) is 25.1 Å². The van der Waals surface area contributed by atoms with Gasteiger partial charge in [0, 0.05) is 32.8 Å². The van der Waals surface area contributed by atoms with Crippen LogP contribution in [0.2, 0.25) is 0 Å². The second-order valence-electron chi connectivity index (χ2n) is 4.44. The standard InChI is InChI=1S/C13H19FN2O/c1-17-12-6-7-16(9-12)13(8-15)10-2-4-11(14)5-3-10/h2-5,12-13H,6-9,15H2,1H3. The van der Waals surface area contributed by atoms with Gasteiger partial charge < -0.3 is 10.5 Å². The first-order valence-corrected chi connectivity index (χ1v) is 5.97. The Balaban J connectivity index is 2.08. The van der Waals surface area contributed by atoms with Crippen LogP contribution in [0.4, 0.5) is 4.39 Å². The van der Waals surface area contributed by atoms with E-state index in [2.05, 4.69) is 4.90 Å². The fourth-order valence-corrected chi connectivity index (χ4v) is 2.41. The summed E-state index contributed by atoms with van der Waals surface area (Å²) in [6.07, 6.45) is 1.33. The predicted molar refractivity (Wildman–Crippen MR) is 65.2 cm³/mol. The Labute approximate surface area is 101 Å². The molecule has 1 heterocycles. The largest absolute Gasteiger partial charge is 0.380 e. The van der Waals surface area contributed by atoms with Crippen molar-refractivity contribution in [3.63, 3.8) is 0 Å². The van der Waals surface area contributed by atoms with Crippen LogP contribution in [0.3, 0.4) is 0 Å². The van der Waals surface area contributed by atoms with Crippen LogP contribution in [0.1, 0.15) is 18.0 Å². The van der Waals surface area contributed by atoms with Crippen LogP contribution in [0.25, 0.3) is 0 Å². The highest BCUT2D eigenvalue weighted by molar-refractivity contribution is 5.20. The van der Waals surface area contributed by atoms with Crippen molar-refractivity contribution in [2.45, 2.75) is 18.6 Å². The molecule has 2 unspecified atom stereocenters. The molecule has 94 valence electrons. The van der Waals surface area contributed by atoms with E-state index in [4.69, 9.17) is 10.5 Å². The first kappa shape index (κ1) is 12.5. The third kappa shape index (κ3) is 2.83. The summed E-state index contributed by atoms with van der Waals surface area (Å²) in [5.41, 5.74) is 6.91. The molecule has 0 radical (unpaired) electrons. The molecule has 2 rings (SSSR count). The van der Waals surface area contributed by atoms with Gasteiger partial charge in [0.1, 0.15) is 5.82 Å². The van der Waals surface area contributed by atoms with E-state index in [1.165, 1.54) is 12.1 Å². The first-order chi connectivity index (χ1) is 8.24. The predicted octanol–water partition coefficient (Wildman–Crippen LogP) is 1.55. The lowest BCUT2D eigenvalue weighted by Gasteiger charge is -2.26. The number of likely N-dealkylation sites (tertiary alicyclic amines) is 1. The van der Waals surface area contributed by atoms with Crippen molar-refractivity contribution in [1.29, 1.82) is 0 Å². The summed E-state index contributed by atoms with van der Waals surface area (Å²) in [4.78, 5) is 2.31. The fraction of sp³-hybridized carbons (Fsp3) is 0.538. The van der Waals surface area contributed by atoms with Crippen LogP contribution < -0.4 is 5.73 Å². The Bertz CT molecular complexity index is 355. The van der Waals surface area contributed by atoms with E-state index < -0.39 is 0 Å². The molecule has 0 saturated carbocycles. The molecule has 1 saturated heterocycles. The average Bonchev–Trinajstić information content (AvgIpc) is 2.81. The van der Waals surface area contributed by atoms with Crippen molar-refractivity contribution in [3.8, 4) is 0 Å². The van der Waals surface area contributed by atoms with Gasteiger partial charge in [-0.15, -0.1) is 0 Å². The van der Waals surface area contributed by atoms with Crippen molar-refractivity contribution in [3.05, 3.63) is 35.6 Å². The fourth-order valence-electron chi connectivity index (χ4n) is 2.41. The molecule has 0 bridgehead atoms. The van der Waals surface area contributed by atoms with Crippen molar-refractivity contribution in [2.24, 2.45) is 5.73 Å². The van der Waals surface area contributed by atoms with Gasteiger partial charge in [0.2, 0.25) is 0 Å². The lowest BCUT2D eigenvalue weighted by atomic mass is 10.1. The lowest BCUT2D eigenvalue weighted by molar-refractivity contribution is 0.101. The summed E-state index contributed by atoms with van der Waals surface area (Å²) in [7, 11) is 1.74. The number of ether oxygens (including phenoxy) is 1. The van der Waals surface area contributed by atoms with E-state index in [0.29, 0.717) is 12.6 Å². The van der Waals surface area contributed by atoms with Crippen molar-refractivity contribution in [1.82, 2.24) is 4.90 Å². The molecule has 4 heteroatoms. The first-order valence-electron chi connectivity index (χ1n) is 5.97. The number of methoxy groups -OCH3 is 1. The van der Waals surface area contributed by atoms with E-state index in [1.807, 2.05) is 12.1 Å². The van der Waals surface area contributed by atoms with Crippen LogP contribution in [0.15, 0.2) is 24.3 Å². The minimum atomic E-state index is -0.208. The summed E-state index contributed by atoms with van der Waals surface area (Å²) >= 11 is 0. The van der Waals surface area contributed by atoms with Crippen molar-refractivity contribution in [2.75, 3.05) is 26.7 Å². The molecule has 2 atom stereocenters. The Hall–Kier alpha value is -0.970. The second kappa shape index (κ2) is 5.58. The summed E-state index contributed by atoms with van der Waals surface area (Å²) in [6.45, 7) is 2.43. The van der Waals surface area contributed by atoms with E-state index >= 15 is 0 Å². The van der Waals surface area contributed by atoms with Gasteiger partial charge in [0.25, 0.3) is 0 Å². The molecule has 3 nitrogen and oxygen atoms in total. The van der Waals surface area contributed by atoms with Crippen molar-refractivity contribution >= 4 is 0 Å². The summed E-state index contributed by atoms with van der Waals surface area (Å²) in [5, 5.41) is 0. The minimum absolute atomic E-state index is 0.163. The quantitative estimate of drug-likeness (QED) is 0.865. The number of benzene rings is 1. The number of hydrogen-bond acceptors (Lipinski definition) is 3. The summed E-state index contributed by atoms with van der Waals surface area (Å²) < 4.78 is 18.2. The van der Waals surface area contributed by atoms with Crippen LogP contribution in [0, 0.1) is 5.82 Å². The van der Waals surface area contributed by atoms with Gasteiger partial charge in [0.15, 0.2) is 0 Å². The Morgan fingerprint density at radius 3 is 2.71 bits per heavy atom. The number of halogens is 1. The normalized spacial score (nSPS) is 22.9. The number of nitrogens with zero attached hydrogens (tertiary/aromatic N) is 1. The molecule has 1 aromatic carbocycles. The molecule has 0 amide bonds. The molecule has 0 spiro atoms. The molecular weight excluding hydrogens is 219 g/mol. The Kier molecular flexibility index (Phi) is 4.10. The Morgan fingerprint density at radius 2 is 2.18 bits per heavy atom. The highest BCUT2D eigenvalue weighted by Crippen LogP contribution is 2.25. The van der Waals surface area contributed by atoms with E-state index in [9.17, 15) is 4.39 Å². The molecule has 1 aliphatic heterocycles. The van der Waals surface area contributed by atoms with E-state index in [-0.39, 0.29) is 11.9 Å². The van der Waals surface area contributed by atoms with Gasteiger partial charge in [0.05, 0.1) is 6.10 Å². The summed E-state index contributed by atoms with van der Waals surface area (Å²) in [6, 6.07) is 6.76. The molecule has 17 heavy (non-hydrogen) atoms. The Morgan fingerprint density at radius 1 is 1.47 bits per heavy atom. The summed E-state index contributed by atoms with van der Waals surface area (Å²) in [5.74, 6) is -0.208. The SMILES string of the molecule is COC1CCN(C(CN)c2ccc(F)cc2)C1. The smallest absolute Gasteiger partial charge is 0.123 e. The van der Waals surface area contributed by atoms with Crippen LogP contribution >= 0.6 is 0 Å². The monoisotopic (exact) mass is 238 g/mol. The van der Waals surface area contributed by atoms with Gasteiger partial charge in [-0.1, -0.05) is 12.1 Å².